The molecule has 1 heterocycles. The van der Waals surface area contributed by atoms with E-state index in [-0.39, 0.29) is 36.1 Å². The van der Waals surface area contributed by atoms with Crippen LogP contribution in [0.3, 0.4) is 0 Å². The van der Waals surface area contributed by atoms with Crippen LogP contribution in [0.15, 0.2) is 36.4 Å². The van der Waals surface area contributed by atoms with Crippen LogP contribution < -0.4 is 5.73 Å². The van der Waals surface area contributed by atoms with E-state index in [1.807, 2.05) is 44.2 Å². The maximum Gasteiger partial charge on any atom is 0.272 e. The van der Waals surface area contributed by atoms with Crippen molar-refractivity contribution in [1.29, 1.82) is 0 Å². The molecule has 0 saturated heterocycles. The molecule has 2 N–H and O–H groups in total. The Hall–Kier alpha value is -1.36. The van der Waals surface area contributed by atoms with E-state index in [1.54, 1.807) is 18.0 Å². The highest BCUT2D eigenvalue weighted by atomic mass is 35.5. The molecule has 2 aromatic rings. The van der Waals surface area contributed by atoms with Crippen LogP contribution >= 0.6 is 24.8 Å². The minimum atomic E-state index is -0.0960. The van der Waals surface area contributed by atoms with Gasteiger partial charge in [-0.2, -0.15) is 0 Å². The molecule has 6 heteroatoms. The second-order valence-electron chi connectivity index (χ2n) is 5.92. The lowest BCUT2D eigenvalue weighted by Crippen LogP contribution is -2.40. The zero-order chi connectivity index (χ0) is 14.8. The Morgan fingerprint density at radius 2 is 1.82 bits per heavy atom. The number of hydrogen-bond donors (Lipinski definition) is 1. The van der Waals surface area contributed by atoms with Gasteiger partial charge in [-0.3, -0.25) is 4.79 Å². The number of aromatic nitrogens is 1. The van der Waals surface area contributed by atoms with Crippen molar-refractivity contribution in [2.75, 3.05) is 20.1 Å². The topological polar surface area (TPSA) is 59.2 Å². The van der Waals surface area contributed by atoms with Gasteiger partial charge in [0.25, 0.3) is 5.91 Å². The molecule has 0 unspecified atom stereocenters. The minimum absolute atomic E-state index is 0. The SMILES string of the molecule is CN(CC(C)(C)CN)C(=O)c1ccc2ccccc2n1.Cl.Cl. The number of amides is 1. The highest BCUT2D eigenvalue weighted by Gasteiger charge is 2.22. The average Bonchev–Trinajstić information content (AvgIpc) is 2.45. The number of fused-ring (bicyclic) bond motifs is 1. The summed E-state index contributed by atoms with van der Waals surface area (Å²) in [4.78, 5) is 18.5. The monoisotopic (exact) mass is 343 g/mol. The summed E-state index contributed by atoms with van der Waals surface area (Å²) in [5.41, 5.74) is 6.93. The van der Waals surface area contributed by atoms with Gasteiger partial charge in [-0.05, 0) is 24.1 Å². The predicted octanol–water partition coefficient (Wildman–Crippen LogP) is 3.14. The minimum Gasteiger partial charge on any atom is -0.340 e. The molecule has 122 valence electrons. The smallest absolute Gasteiger partial charge is 0.272 e. The summed E-state index contributed by atoms with van der Waals surface area (Å²) in [6.45, 7) is 5.24. The van der Waals surface area contributed by atoms with Gasteiger partial charge in [-0.1, -0.05) is 38.1 Å². The largest absolute Gasteiger partial charge is 0.340 e. The van der Waals surface area contributed by atoms with Crippen molar-refractivity contribution in [3.8, 4) is 0 Å². The Morgan fingerprint density at radius 3 is 2.45 bits per heavy atom. The van der Waals surface area contributed by atoms with Crippen LogP contribution in [0, 0.1) is 5.41 Å². The third-order valence-electron chi connectivity index (χ3n) is 3.38. The van der Waals surface area contributed by atoms with Crippen LogP contribution in [0.25, 0.3) is 10.9 Å². The van der Waals surface area contributed by atoms with Gasteiger partial charge in [0.15, 0.2) is 0 Å². The fraction of sp³-hybridized carbons (Fsp3) is 0.375. The number of rotatable bonds is 4. The number of carbonyl (C=O) groups excluding carboxylic acids is 1. The zero-order valence-electron chi connectivity index (χ0n) is 13.1. The van der Waals surface area contributed by atoms with Crippen LogP contribution in [-0.4, -0.2) is 35.9 Å². The third-order valence-corrected chi connectivity index (χ3v) is 3.38. The Balaban J connectivity index is 0.00000220. The maximum absolute atomic E-state index is 12.4. The number of hydrogen-bond acceptors (Lipinski definition) is 3. The lowest BCUT2D eigenvalue weighted by Gasteiger charge is -2.28. The first-order valence-corrected chi connectivity index (χ1v) is 6.74. The molecule has 1 aromatic carbocycles. The van der Waals surface area contributed by atoms with E-state index in [9.17, 15) is 4.79 Å². The van der Waals surface area contributed by atoms with E-state index in [4.69, 9.17) is 5.73 Å². The van der Waals surface area contributed by atoms with Crippen LogP contribution in [0.4, 0.5) is 0 Å². The first kappa shape index (κ1) is 20.6. The third kappa shape index (κ3) is 4.83. The van der Waals surface area contributed by atoms with Crippen LogP contribution in [0.1, 0.15) is 24.3 Å². The molecule has 1 aromatic heterocycles. The molecule has 0 saturated carbocycles. The van der Waals surface area contributed by atoms with Gasteiger partial charge in [0.2, 0.25) is 0 Å². The van der Waals surface area contributed by atoms with Crippen LogP contribution in [-0.2, 0) is 0 Å². The summed E-state index contributed by atoms with van der Waals surface area (Å²) in [7, 11) is 1.79. The summed E-state index contributed by atoms with van der Waals surface area (Å²) >= 11 is 0. The first-order chi connectivity index (χ1) is 9.43. The van der Waals surface area contributed by atoms with Crippen LogP contribution in [0.5, 0.6) is 0 Å². The van der Waals surface area contributed by atoms with Crippen molar-refractivity contribution in [1.82, 2.24) is 9.88 Å². The van der Waals surface area contributed by atoms with E-state index in [0.29, 0.717) is 18.8 Å². The zero-order valence-corrected chi connectivity index (χ0v) is 14.7. The number of nitrogens with two attached hydrogens (primary N) is 1. The van der Waals surface area contributed by atoms with E-state index < -0.39 is 0 Å². The van der Waals surface area contributed by atoms with Crippen molar-refractivity contribution >= 4 is 41.6 Å². The normalized spacial score (nSPS) is 10.5. The van der Waals surface area contributed by atoms with Gasteiger partial charge in [0, 0.05) is 19.0 Å². The molecule has 0 aliphatic heterocycles. The first-order valence-electron chi connectivity index (χ1n) is 6.74. The van der Waals surface area contributed by atoms with Crippen molar-refractivity contribution in [2.24, 2.45) is 11.1 Å². The van der Waals surface area contributed by atoms with Gasteiger partial charge in [0.05, 0.1) is 5.52 Å². The molecule has 2 rings (SSSR count). The van der Waals surface area contributed by atoms with Crippen molar-refractivity contribution in [3.63, 3.8) is 0 Å². The molecule has 0 spiro atoms. The summed E-state index contributed by atoms with van der Waals surface area (Å²) in [5, 5.41) is 1.04. The van der Waals surface area contributed by atoms with Crippen LogP contribution in [0.2, 0.25) is 0 Å². The summed E-state index contributed by atoms with van der Waals surface area (Å²) in [6, 6.07) is 11.5. The van der Waals surface area contributed by atoms with Gasteiger partial charge < -0.3 is 10.6 Å². The van der Waals surface area contributed by atoms with Crippen molar-refractivity contribution in [3.05, 3.63) is 42.1 Å². The second-order valence-corrected chi connectivity index (χ2v) is 5.92. The molecule has 0 atom stereocenters. The van der Waals surface area contributed by atoms with E-state index in [0.717, 1.165) is 10.9 Å². The Kier molecular flexibility index (Phi) is 7.81. The molecule has 1 amide bonds. The molecular weight excluding hydrogens is 321 g/mol. The highest BCUT2D eigenvalue weighted by molar-refractivity contribution is 5.94. The van der Waals surface area contributed by atoms with E-state index in [1.165, 1.54) is 0 Å². The number of benzene rings is 1. The molecule has 0 aliphatic rings. The summed E-state index contributed by atoms with van der Waals surface area (Å²) in [6.07, 6.45) is 0. The summed E-state index contributed by atoms with van der Waals surface area (Å²) in [5.74, 6) is -0.0720. The molecule has 4 nitrogen and oxygen atoms in total. The number of nitrogens with zero attached hydrogens (tertiary/aromatic N) is 2. The Morgan fingerprint density at radius 1 is 1.18 bits per heavy atom. The quantitative estimate of drug-likeness (QED) is 0.927. The summed E-state index contributed by atoms with van der Waals surface area (Å²) < 4.78 is 0. The van der Waals surface area contributed by atoms with E-state index >= 15 is 0 Å². The molecule has 22 heavy (non-hydrogen) atoms. The standard InChI is InChI=1S/C16H21N3O.2ClH/c1-16(2,10-17)11-19(3)15(20)14-9-8-12-6-4-5-7-13(12)18-14;;/h4-9H,10-11,17H2,1-3H3;2*1H. The molecular formula is C16H23Cl2N3O. The second kappa shape index (κ2) is 8.32. The van der Waals surface area contributed by atoms with Gasteiger partial charge in [-0.25, -0.2) is 4.98 Å². The lowest BCUT2D eigenvalue weighted by atomic mass is 9.93. The molecule has 0 aliphatic carbocycles. The Labute approximate surface area is 143 Å². The van der Waals surface area contributed by atoms with Crippen molar-refractivity contribution in [2.45, 2.75) is 13.8 Å². The Bertz CT molecular complexity index is 632. The number of halogens is 2. The highest BCUT2D eigenvalue weighted by Crippen LogP contribution is 2.17. The van der Waals surface area contributed by atoms with E-state index in [2.05, 4.69) is 4.98 Å². The predicted molar refractivity (Wildman–Crippen MR) is 96.0 cm³/mol. The van der Waals surface area contributed by atoms with Gasteiger partial charge in [-0.15, -0.1) is 24.8 Å². The molecule has 0 bridgehead atoms. The number of pyridine rings is 1. The number of carbonyl (C=O) groups is 1. The maximum atomic E-state index is 12.4. The van der Waals surface area contributed by atoms with Crippen molar-refractivity contribution < 1.29 is 4.79 Å². The fourth-order valence-electron chi connectivity index (χ4n) is 2.16. The van der Waals surface area contributed by atoms with Gasteiger partial charge >= 0.3 is 0 Å². The lowest BCUT2D eigenvalue weighted by molar-refractivity contribution is 0.0735. The molecule has 0 fully saturated rings. The average molecular weight is 344 g/mol. The fourth-order valence-corrected chi connectivity index (χ4v) is 2.16. The number of para-hydroxylation sites is 1. The molecule has 0 radical (unpaired) electrons. The van der Waals surface area contributed by atoms with Gasteiger partial charge in [0.1, 0.15) is 5.69 Å².